The number of halogens is 5. The normalized spacial score (nSPS) is 19.4. The predicted molar refractivity (Wildman–Crippen MR) is 29.0 cm³/mol. The number of rotatable bonds is 2. The molecule has 54 valence electrons. The van der Waals surface area contributed by atoms with Crippen molar-refractivity contribution in [2.75, 3.05) is 6.67 Å². The van der Waals surface area contributed by atoms with Gasteiger partial charge < -0.3 is 0 Å². The molecule has 1 unspecified atom stereocenters. The van der Waals surface area contributed by atoms with E-state index in [2.05, 4.69) is 0 Å². The summed E-state index contributed by atoms with van der Waals surface area (Å²) in [5.74, 6) is -1.80. The molecule has 9 heavy (non-hydrogen) atoms. The maximum atomic E-state index is 12.1. The van der Waals surface area contributed by atoms with Crippen molar-refractivity contribution in [3.05, 3.63) is 12.2 Å². The van der Waals surface area contributed by atoms with E-state index < -0.39 is 23.4 Å². The van der Waals surface area contributed by atoms with Crippen LogP contribution in [0, 0.1) is 0 Å². The van der Waals surface area contributed by atoms with E-state index in [0.29, 0.717) is 0 Å². The summed E-state index contributed by atoms with van der Waals surface area (Å²) in [6.45, 7) is -1.64. The Hall–Kier alpha value is -0.0600. The predicted octanol–water partition coefficient (Wildman–Crippen LogP) is 2.80. The Balaban J connectivity index is 4.14. The summed E-state index contributed by atoms with van der Waals surface area (Å²) >= 11 is 1.98. The lowest BCUT2D eigenvalue weighted by atomic mass is 10.4. The van der Waals surface area contributed by atoms with Crippen LogP contribution in [-0.4, -0.2) is 11.3 Å². The Bertz CT molecular complexity index is 120. The Morgan fingerprint density at radius 2 is 2.11 bits per heavy atom. The fraction of sp³-hybridized carbons (Fsp3) is 0.500. The molecule has 0 nitrogen and oxygen atoms in total. The summed E-state index contributed by atoms with van der Waals surface area (Å²) in [5.41, 5.74) is 0. The Morgan fingerprint density at radius 3 is 2.22 bits per heavy atom. The maximum absolute atomic E-state index is 12.1. The van der Waals surface area contributed by atoms with Crippen molar-refractivity contribution in [3.63, 3.8) is 0 Å². The lowest BCUT2D eigenvalue weighted by Gasteiger charge is -2.08. The van der Waals surface area contributed by atoms with Gasteiger partial charge in [-0.25, -0.2) is 17.6 Å². The second-order valence-corrected chi connectivity index (χ2v) is 2.55. The zero-order chi connectivity index (χ0) is 7.49. The van der Waals surface area contributed by atoms with Gasteiger partial charge in [0, 0.05) is 0 Å². The molecular formula is C4H3BrF4. The number of hydrogen-bond acceptors (Lipinski definition) is 0. The van der Waals surface area contributed by atoms with Crippen molar-refractivity contribution in [2.24, 2.45) is 0 Å². The third-order valence-corrected chi connectivity index (χ3v) is 1.20. The van der Waals surface area contributed by atoms with Gasteiger partial charge in [-0.2, -0.15) is 0 Å². The van der Waals surface area contributed by atoms with E-state index in [-0.39, 0.29) is 0 Å². The van der Waals surface area contributed by atoms with Gasteiger partial charge in [0.2, 0.25) is 4.58 Å². The molecule has 0 amide bonds. The number of hydrogen-bond donors (Lipinski definition) is 0. The molecule has 0 N–H and O–H groups in total. The van der Waals surface area contributed by atoms with Crippen LogP contribution in [0.5, 0.6) is 0 Å². The Kier molecular flexibility index (Phi) is 3.17. The van der Waals surface area contributed by atoms with Gasteiger partial charge in [0.25, 0.3) is 0 Å². The molecule has 0 aliphatic heterocycles. The van der Waals surface area contributed by atoms with Crippen molar-refractivity contribution in [1.82, 2.24) is 0 Å². The minimum atomic E-state index is -2.98. The molecule has 0 spiro atoms. The molecule has 0 aromatic rings. The lowest BCUT2D eigenvalue weighted by molar-refractivity contribution is 0.231. The highest BCUT2D eigenvalue weighted by atomic mass is 79.9. The Labute approximate surface area is 57.7 Å². The molecular weight excluding hydrogens is 204 g/mol. The minimum absolute atomic E-state index is 0.631. The van der Waals surface area contributed by atoms with Crippen LogP contribution in [0.2, 0.25) is 0 Å². The molecule has 0 rings (SSSR count). The summed E-state index contributed by atoms with van der Waals surface area (Å²) in [5, 5.41) is 0. The van der Waals surface area contributed by atoms with Gasteiger partial charge in [0.15, 0.2) is 5.83 Å². The molecule has 0 aliphatic rings. The molecule has 0 bridgehead atoms. The van der Waals surface area contributed by atoms with E-state index >= 15 is 0 Å². The fourth-order valence-corrected chi connectivity index (χ4v) is 0.230. The van der Waals surface area contributed by atoms with Crippen molar-refractivity contribution < 1.29 is 17.6 Å². The van der Waals surface area contributed by atoms with Crippen LogP contribution in [0.1, 0.15) is 0 Å². The summed E-state index contributed by atoms with van der Waals surface area (Å²) in [7, 11) is 0. The summed E-state index contributed by atoms with van der Waals surface area (Å²) in [4.78, 5) is 0. The third kappa shape index (κ3) is 2.34. The average molecular weight is 207 g/mol. The molecule has 0 heterocycles. The molecule has 0 aliphatic carbocycles. The molecule has 0 saturated heterocycles. The van der Waals surface area contributed by atoms with Gasteiger partial charge in [-0.05, 0) is 15.9 Å². The van der Waals surface area contributed by atoms with Crippen LogP contribution in [0.4, 0.5) is 17.6 Å². The summed E-state index contributed by atoms with van der Waals surface area (Å²) in [6, 6.07) is 0. The fourth-order valence-electron chi connectivity index (χ4n) is 0.144. The van der Waals surface area contributed by atoms with E-state index in [4.69, 9.17) is 0 Å². The molecule has 0 saturated carbocycles. The molecule has 0 fully saturated rings. The topological polar surface area (TPSA) is 0 Å². The first-order valence-electron chi connectivity index (χ1n) is 1.94. The van der Waals surface area contributed by atoms with E-state index in [1.807, 2.05) is 15.9 Å². The number of allylic oxidation sites excluding steroid dienone is 1. The van der Waals surface area contributed by atoms with Crippen molar-refractivity contribution in [2.45, 2.75) is 4.58 Å². The van der Waals surface area contributed by atoms with Crippen molar-refractivity contribution in [1.29, 1.82) is 0 Å². The highest BCUT2D eigenvalue weighted by Crippen LogP contribution is 2.30. The third-order valence-electron chi connectivity index (χ3n) is 0.613. The first-order valence-corrected chi connectivity index (χ1v) is 2.74. The van der Waals surface area contributed by atoms with Crippen LogP contribution in [0.25, 0.3) is 0 Å². The largest absolute Gasteiger partial charge is 0.246 e. The van der Waals surface area contributed by atoms with Gasteiger partial charge in [-0.15, -0.1) is 0 Å². The summed E-state index contributed by atoms with van der Waals surface area (Å²) < 4.78 is 43.3. The van der Waals surface area contributed by atoms with Crippen LogP contribution in [-0.2, 0) is 0 Å². The molecule has 1 atom stereocenters. The second-order valence-electron chi connectivity index (χ2n) is 1.30. The van der Waals surface area contributed by atoms with Gasteiger partial charge in [-0.1, -0.05) is 0 Å². The molecule has 0 aromatic heterocycles. The zero-order valence-electron chi connectivity index (χ0n) is 4.17. The second kappa shape index (κ2) is 3.20. The Morgan fingerprint density at radius 1 is 1.67 bits per heavy atom. The standard InChI is InChI=1S/C4H3BrF4/c5-4(9,2-7)3(8)1-6/h1H,2H2/b3-1-. The molecule has 0 radical (unpaired) electrons. The first kappa shape index (κ1) is 8.94. The average Bonchev–Trinajstić information content (AvgIpc) is 1.86. The molecule has 5 heteroatoms. The van der Waals surface area contributed by atoms with Gasteiger partial charge >= 0.3 is 0 Å². The van der Waals surface area contributed by atoms with Gasteiger partial charge in [-0.3, -0.25) is 0 Å². The monoisotopic (exact) mass is 206 g/mol. The van der Waals surface area contributed by atoms with E-state index in [1.165, 1.54) is 0 Å². The highest BCUT2D eigenvalue weighted by molar-refractivity contribution is 9.10. The smallest absolute Gasteiger partial charge is 0.246 e. The number of alkyl halides is 3. The molecule has 0 aromatic carbocycles. The SMILES string of the molecule is F/C=C(\F)C(F)(Br)CF. The maximum Gasteiger partial charge on any atom is 0.246 e. The van der Waals surface area contributed by atoms with E-state index in [0.717, 1.165) is 0 Å². The minimum Gasteiger partial charge on any atom is -0.246 e. The van der Waals surface area contributed by atoms with Crippen LogP contribution in [0.15, 0.2) is 12.2 Å². The van der Waals surface area contributed by atoms with Crippen molar-refractivity contribution >= 4 is 15.9 Å². The van der Waals surface area contributed by atoms with Crippen molar-refractivity contribution in [3.8, 4) is 0 Å². The zero-order valence-corrected chi connectivity index (χ0v) is 5.76. The van der Waals surface area contributed by atoms with E-state index in [9.17, 15) is 17.6 Å². The summed E-state index contributed by atoms with van der Waals surface area (Å²) in [6.07, 6.45) is -0.631. The highest BCUT2D eigenvalue weighted by Gasteiger charge is 2.32. The quantitative estimate of drug-likeness (QED) is 0.482. The van der Waals surface area contributed by atoms with Gasteiger partial charge in [0.1, 0.15) is 13.0 Å². The van der Waals surface area contributed by atoms with Gasteiger partial charge in [0.05, 0.1) is 0 Å². The first-order chi connectivity index (χ1) is 4.04. The lowest BCUT2D eigenvalue weighted by Crippen LogP contribution is -2.16. The van der Waals surface area contributed by atoms with Crippen LogP contribution >= 0.6 is 15.9 Å². The van der Waals surface area contributed by atoms with E-state index in [1.54, 1.807) is 0 Å². The van der Waals surface area contributed by atoms with Crippen LogP contribution < -0.4 is 0 Å². The van der Waals surface area contributed by atoms with Crippen LogP contribution in [0.3, 0.4) is 0 Å².